The van der Waals surface area contributed by atoms with Gasteiger partial charge in [0.15, 0.2) is 0 Å². The molecule has 0 aromatic carbocycles. The highest BCUT2D eigenvalue weighted by Crippen LogP contribution is 2.20. The zero-order chi connectivity index (χ0) is 12.3. The molecule has 1 atom stereocenters. The largest absolute Gasteiger partial charge is 0.386 e. The lowest BCUT2D eigenvalue weighted by Crippen LogP contribution is -2.11. The first-order valence-electron chi connectivity index (χ1n) is 5.68. The molecule has 2 heterocycles. The Morgan fingerprint density at radius 3 is 3.06 bits per heavy atom. The predicted molar refractivity (Wildman–Crippen MR) is 70.4 cm³/mol. The van der Waals surface area contributed by atoms with Crippen molar-refractivity contribution in [1.82, 2.24) is 9.78 Å². The number of rotatable bonds is 5. The molecule has 2 N–H and O–H groups in total. The standard InChI is InChI=1S/C12H17N3OS/c1-3-9-10(8-15(2)14-9)13-7-11(16)12-5-4-6-17-12/h4-6,8,11,13,16H,3,7H2,1-2H3. The molecule has 0 aliphatic heterocycles. The van der Waals surface area contributed by atoms with Crippen molar-refractivity contribution in [3.05, 3.63) is 34.3 Å². The predicted octanol–water partition coefficient (Wildman–Crippen LogP) is 2.19. The van der Waals surface area contributed by atoms with E-state index in [1.807, 2.05) is 30.8 Å². The summed E-state index contributed by atoms with van der Waals surface area (Å²) in [6, 6.07) is 3.89. The molecule has 0 amide bonds. The zero-order valence-electron chi connectivity index (χ0n) is 10.1. The van der Waals surface area contributed by atoms with Crippen LogP contribution in [0.4, 0.5) is 5.69 Å². The van der Waals surface area contributed by atoms with Crippen molar-refractivity contribution in [2.45, 2.75) is 19.4 Å². The Bertz CT molecular complexity index is 464. The third-order valence-electron chi connectivity index (χ3n) is 2.60. The van der Waals surface area contributed by atoms with Gasteiger partial charge in [-0.25, -0.2) is 0 Å². The van der Waals surface area contributed by atoms with Crippen molar-refractivity contribution in [3.8, 4) is 0 Å². The van der Waals surface area contributed by atoms with E-state index in [4.69, 9.17) is 0 Å². The van der Waals surface area contributed by atoms with Crippen LogP contribution < -0.4 is 5.32 Å². The molecule has 1 unspecified atom stereocenters. The molecule has 0 saturated carbocycles. The van der Waals surface area contributed by atoms with Gasteiger partial charge in [-0.2, -0.15) is 5.10 Å². The molecular weight excluding hydrogens is 234 g/mol. The number of aliphatic hydroxyl groups is 1. The average Bonchev–Trinajstić information content (AvgIpc) is 2.94. The molecule has 0 aliphatic carbocycles. The molecule has 2 aromatic heterocycles. The normalized spacial score (nSPS) is 12.6. The molecule has 17 heavy (non-hydrogen) atoms. The Balaban J connectivity index is 1.97. The van der Waals surface area contributed by atoms with Gasteiger partial charge in [-0.1, -0.05) is 13.0 Å². The van der Waals surface area contributed by atoms with E-state index in [0.29, 0.717) is 6.54 Å². The number of anilines is 1. The minimum absolute atomic E-state index is 0.458. The van der Waals surface area contributed by atoms with E-state index in [9.17, 15) is 5.11 Å². The topological polar surface area (TPSA) is 50.1 Å². The van der Waals surface area contributed by atoms with Crippen LogP contribution in [0, 0.1) is 0 Å². The summed E-state index contributed by atoms with van der Waals surface area (Å²) in [7, 11) is 1.90. The first-order valence-corrected chi connectivity index (χ1v) is 6.56. The van der Waals surface area contributed by atoms with E-state index in [-0.39, 0.29) is 0 Å². The highest BCUT2D eigenvalue weighted by Gasteiger charge is 2.10. The fourth-order valence-corrected chi connectivity index (χ4v) is 2.44. The van der Waals surface area contributed by atoms with Gasteiger partial charge in [-0.05, 0) is 17.9 Å². The third-order valence-corrected chi connectivity index (χ3v) is 3.57. The minimum Gasteiger partial charge on any atom is -0.386 e. The Kier molecular flexibility index (Phi) is 3.81. The van der Waals surface area contributed by atoms with Crippen molar-refractivity contribution in [2.75, 3.05) is 11.9 Å². The zero-order valence-corrected chi connectivity index (χ0v) is 10.9. The van der Waals surface area contributed by atoms with Gasteiger partial charge in [-0.3, -0.25) is 4.68 Å². The summed E-state index contributed by atoms with van der Waals surface area (Å²) in [4.78, 5) is 0.986. The summed E-state index contributed by atoms with van der Waals surface area (Å²) in [5, 5.41) is 19.5. The first-order chi connectivity index (χ1) is 8.20. The monoisotopic (exact) mass is 251 g/mol. The van der Waals surface area contributed by atoms with Crippen LogP contribution in [-0.4, -0.2) is 21.4 Å². The number of thiophene rings is 1. The molecule has 92 valence electrons. The highest BCUT2D eigenvalue weighted by molar-refractivity contribution is 7.10. The molecule has 0 aliphatic rings. The first kappa shape index (κ1) is 12.1. The van der Waals surface area contributed by atoms with Crippen LogP contribution in [0.3, 0.4) is 0 Å². The van der Waals surface area contributed by atoms with Gasteiger partial charge >= 0.3 is 0 Å². The van der Waals surface area contributed by atoms with E-state index < -0.39 is 6.10 Å². The molecule has 4 nitrogen and oxygen atoms in total. The molecule has 2 aromatic rings. The second-order valence-corrected chi connectivity index (χ2v) is 4.91. The van der Waals surface area contributed by atoms with E-state index >= 15 is 0 Å². The molecule has 2 rings (SSSR count). The van der Waals surface area contributed by atoms with Crippen LogP contribution in [0.15, 0.2) is 23.7 Å². The van der Waals surface area contributed by atoms with Crippen molar-refractivity contribution in [1.29, 1.82) is 0 Å². The fourth-order valence-electron chi connectivity index (χ4n) is 1.73. The Hall–Kier alpha value is -1.33. The SMILES string of the molecule is CCc1nn(C)cc1NCC(O)c1cccs1. The van der Waals surface area contributed by atoms with Gasteiger partial charge in [0.05, 0.1) is 11.4 Å². The summed E-state index contributed by atoms with van der Waals surface area (Å²) >= 11 is 1.57. The summed E-state index contributed by atoms with van der Waals surface area (Å²) < 4.78 is 1.79. The molecule has 0 fully saturated rings. The van der Waals surface area contributed by atoms with Gasteiger partial charge in [-0.15, -0.1) is 11.3 Å². The van der Waals surface area contributed by atoms with Gasteiger partial charge in [0.2, 0.25) is 0 Å². The molecule has 5 heteroatoms. The minimum atomic E-state index is -0.458. The summed E-state index contributed by atoms with van der Waals surface area (Å²) in [6.07, 6.45) is 2.37. The quantitative estimate of drug-likeness (QED) is 0.856. The Morgan fingerprint density at radius 1 is 1.59 bits per heavy atom. The lowest BCUT2D eigenvalue weighted by atomic mass is 10.2. The van der Waals surface area contributed by atoms with E-state index in [1.165, 1.54) is 0 Å². The van der Waals surface area contributed by atoms with Crippen molar-refractivity contribution in [3.63, 3.8) is 0 Å². The van der Waals surface area contributed by atoms with Crippen molar-refractivity contribution in [2.24, 2.45) is 7.05 Å². The van der Waals surface area contributed by atoms with Crippen LogP contribution in [0.1, 0.15) is 23.6 Å². The van der Waals surface area contributed by atoms with Crippen LogP contribution in [-0.2, 0) is 13.5 Å². The maximum absolute atomic E-state index is 9.96. The maximum Gasteiger partial charge on any atom is 0.105 e. The number of aryl methyl sites for hydroxylation is 2. The van der Waals surface area contributed by atoms with E-state index in [1.54, 1.807) is 16.0 Å². The Labute approximate surface area is 105 Å². The van der Waals surface area contributed by atoms with Crippen molar-refractivity contribution >= 4 is 17.0 Å². The lowest BCUT2D eigenvalue weighted by Gasteiger charge is -2.10. The molecule has 0 spiro atoms. The molecular formula is C12H17N3OS. The van der Waals surface area contributed by atoms with Gasteiger partial charge in [0, 0.05) is 24.7 Å². The second-order valence-electron chi connectivity index (χ2n) is 3.93. The Morgan fingerprint density at radius 2 is 2.41 bits per heavy atom. The second kappa shape index (κ2) is 5.33. The van der Waals surface area contributed by atoms with Crippen LogP contribution in [0.25, 0.3) is 0 Å². The lowest BCUT2D eigenvalue weighted by molar-refractivity contribution is 0.195. The fraction of sp³-hybridized carbons (Fsp3) is 0.417. The van der Waals surface area contributed by atoms with Gasteiger partial charge in [0.1, 0.15) is 6.10 Å². The van der Waals surface area contributed by atoms with Crippen LogP contribution in [0.5, 0.6) is 0 Å². The van der Waals surface area contributed by atoms with Crippen LogP contribution in [0.2, 0.25) is 0 Å². The smallest absolute Gasteiger partial charge is 0.105 e. The summed E-state index contributed by atoms with van der Waals surface area (Å²) in [5.41, 5.74) is 2.04. The number of nitrogens with zero attached hydrogens (tertiary/aromatic N) is 2. The maximum atomic E-state index is 9.96. The summed E-state index contributed by atoms with van der Waals surface area (Å²) in [5.74, 6) is 0. The van der Waals surface area contributed by atoms with Gasteiger partial charge in [0.25, 0.3) is 0 Å². The van der Waals surface area contributed by atoms with E-state index in [0.717, 1.165) is 22.7 Å². The number of hydrogen-bond donors (Lipinski definition) is 2. The molecule has 0 saturated heterocycles. The number of aromatic nitrogens is 2. The van der Waals surface area contributed by atoms with Crippen molar-refractivity contribution < 1.29 is 5.11 Å². The molecule has 0 radical (unpaired) electrons. The number of hydrogen-bond acceptors (Lipinski definition) is 4. The average molecular weight is 251 g/mol. The highest BCUT2D eigenvalue weighted by atomic mass is 32.1. The van der Waals surface area contributed by atoms with E-state index in [2.05, 4.69) is 17.3 Å². The number of nitrogens with one attached hydrogen (secondary N) is 1. The van der Waals surface area contributed by atoms with Gasteiger partial charge < -0.3 is 10.4 Å². The van der Waals surface area contributed by atoms with Crippen LogP contribution >= 0.6 is 11.3 Å². The number of aliphatic hydroxyl groups excluding tert-OH is 1. The third kappa shape index (κ3) is 2.87. The summed E-state index contributed by atoms with van der Waals surface area (Å²) in [6.45, 7) is 2.59. The molecule has 0 bridgehead atoms.